The molecule has 0 aliphatic carbocycles. The minimum Gasteiger partial charge on any atom is -0.271 e. The molecule has 1 aromatic rings. The predicted octanol–water partition coefficient (Wildman–Crippen LogP) is 2.20. The molecule has 0 bridgehead atoms. The monoisotopic (exact) mass is 191 g/mol. The van der Waals surface area contributed by atoms with Gasteiger partial charge in [0.2, 0.25) is 0 Å². The standard InChI is InChI=1S/C10H9NOS/c1-10(9(12)11-7-13-10)8-5-3-2-4-6-8/h2-7H,1H3. The van der Waals surface area contributed by atoms with Gasteiger partial charge in [-0.2, -0.15) is 0 Å². The number of rotatable bonds is 1. The fourth-order valence-corrected chi connectivity index (χ4v) is 2.09. The molecular formula is C10H9NOS. The lowest BCUT2D eigenvalue weighted by atomic mass is 10.00. The average Bonchev–Trinajstić information content (AvgIpc) is 2.50. The lowest BCUT2D eigenvalue weighted by Crippen LogP contribution is -2.23. The van der Waals surface area contributed by atoms with Gasteiger partial charge >= 0.3 is 0 Å². The fraction of sp³-hybridized carbons (Fsp3) is 0.200. The Morgan fingerprint density at radius 1 is 1.31 bits per heavy atom. The summed E-state index contributed by atoms with van der Waals surface area (Å²) in [6, 6.07) is 9.73. The third kappa shape index (κ3) is 1.29. The van der Waals surface area contributed by atoms with Crippen LogP contribution in [-0.4, -0.2) is 11.5 Å². The highest BCUT2D eigenvalue weighted by molar-refractivity contribution is 8.14. The van der Waals surface area contributed by atoms with Crippen LogP contribution in [0.4, 0.5) is 0 Å². The number of carbonyl (C=O) groups is 1. The Balaban J connectivity index is 2.42. The van der Waals surface area contributed by atoms with Crippen LogP contribution >= 0.6 is 11.8 Å². The summed E-state index contributed by atoms with van der Waals surface area (Å²) < 4.78 is -0.499. The molecule has 0 saturated heterocycles. The fourth-order valence-electron chi connectivity index (χ4n) is 1.30. The zero-order valence-corrected chi connectivity index (χ0v) is 8.04. The van der Waals surface area contributed by atoms with E-state index in [2.05, 4.69) is 4.99 Å². The van der Waals surface area contributed by atoms with Gasteiger partial charge in [-0.25, -0.2) is 4.99 Å². The van der Waals surface area contributed by atoms with E-state index in [0.29, 0.717) is 0 Å². The zero-order chi connectivity index (χ0) is 9.31. The van der Waals surface area contributed by atoms with E-state index in [1.165, 1.54) is 11.8 Å². The Labute approximate surface area is 81.1 Å². The summed E-state index contributed by atoms with van der Waals surface area (Å²) in [5.74, 6) is -0.0660. The zero-order valence-electron chi connectivity index (χ0n) is 7.23. The van der Waals surface area contributed by atoms with Crippen molar-refractivity contribution in [3.63, 3.8) is 0 Å². The molecule has 1 unspecified atom stereocenters. The molecule has 0 spiro atoms. The summed E-state index contributed by atoms with van der Waals surface area (Å²) in [6.45, 7) is 1.91. The highest BCUT2D eigenvalue weighted by Gasteiger charge is 2.38. The van der Waals surface area contributed by atoms with Gasteiger partial charge < -0.3 is 0 Å². The molecule has 0 fully saturated rings. The van der Waals surface area contributed by atoms with Crippen LogP contribution in [0.1, 0.15) is 12.5 Å². The lowest BCUT2D eigenvalue weighted by molar-refractivity contribution is -0.119. The Bertz CT molecular complexity index is 360. The highest BCUT2D eigenvalue weighted by atomic mass is 32.2. The number of amides is 1. The Hall–Kier alpha value is -1.09. The summed E-state index contributed by atoms with van der Waals surface area (Å²) in [6.07, 6.45) is 0. The predicted molar refractivity (Wildman–Crippen MR) is 54.9 cm³/mol. The number of hydrogen-bond donors (Lipinski definition) is 0. The molecule has 0 aromatic heterocycles. The molecule has 1 aliphatic heterocycles. The average molecular weight is 191 g/mol. The Morgan fingerprint density at radius 3 is 2.54 bits per heavy atom. The van der Waals surface area contributed by atoms with Crippen molar-refractivity contribution in [2.75, 3.05) is 0 Å². The van der Waals surface area contributed by atoms with Crippen molar-refractivity contribution in [1.82, 2.24) is 0 Å². The van der Waals surface area contributed by atoms with Crippen LogP contribution in [-0.2, 0) is 9.54 Å². The highest BCUT2D eigenvalue weighted by Crippen LogP contribution is 2.39. The van der Waals surface area contributed by atoms with E-state index in [1.54, 1.807) is 5.55 Å². The summed E-state index contributed by atoms with van der Waals surface area (Å²) >= 11 is 1.46. The molecule has 66 valence electrons. The summed E-state index contributed by atoms with van der Waals surface area (Å²) in [5, 5.41) is 0. The van der Waals surface area contributed by atoms with Crippen LogP contribution in [0.15, 0.2) is 35.3 Å². The van der Waals surface area contributed by atoms with Gasteiger partial charge in [0, 0.05) is 0 Å². The van der Waals surface area contributed by atoms with Crippen molar-refractivity contribution in [1.29, 1.82) is 0 Å². The van der Waals surface area contributed by atoms with Crippen LogP contribution < -0.4 is 0 Å². The van der Waals surface area contributed by atoms with E-state index >= 15 is 0 Å². The largest absolute Gasteiger partial charge is 0.271 e. The molecule has 1 aromatic carbocycles. The normalized spacial score (nSPS) is 26.7. The van der Waals surface area contributed by atoms with Gasteiger partial charge in [0.05, 0.1) is 5.55 Å². The van der Waals surface area contributed by atoms with Crippen molar-refractivity contribution in [2.24, 2.45) is 4.99 Å². The van der Waals surface area contributed by atoms with Gasteiger partial charge in [-0.1, -0.05) is 42.1 Å². The van der Waals surface area contributed by atoms with Crippen molar-refractivity contribution < 1.29 is 4.79 Å². The first-order valence-electron chi connectivity index (χ1n) is 4.04. The topological polar surface area (TPSA) is 29.4 Å². The van der Waals surface area contributed by atoms with Crippen molar-refractivity contribution in [2.45, 2.75) is 11.7 Å². The van der Waals surface area contributed by atoms with E-state index in [4.69, 9.17) is 0 Å². The van der Waals surface area contributed by atoms with Crippen LogP contribution in [0.3, 0.4) is 0 Å². The number of nitrogens with zero attached hydrogens (tertiary/aromatic N) is 1. The maximum atomic E-state index is 11.5. The second-order valence-corrected chi connectivity index (χ2v) is 4.32. The number of thioether (sulfide) groups is 1. The SMILES string of the molecule is CC1(c2ccccc2)SC=NC1=O. The molecule has 2 rings (SSSR count). The lowest BCUT2D eigenvalue weighted by Gasteiger charge is -2.19. The number of carbonyl (C=O) groups excluding carboxylic acids is 1. The molecule has 2 nitrogen and oxygen atoms in total. The van der Waals surface area contributed by atoms with E-state index in [0.717, 1.165) is 5.56 Å². The van der Waals surface area contributed by atoms with Gasteiger partial charge in [-0.3, -0.25) is 4.79 Å². The summed E-state index contributed by atoms with van der Waals surface area (Å²) in [7, 11) is 0. The van der Waals surface area contributed by atoms with E-state index in [1.807, 2.05) is 37.3 Å². The number of benzene rings is 1. The van der Waals surface area contributed by atoms with E-state index in [9.17, 15) is 4.79 Å². The molecule has 13 heavy (non-hydrogen) atoms. The van der Waals surface area contributed by atoms with Crippen molar-refractivity contribution in [3.8, 4) is 0 Å². The quantitative estimate of drug-likeness (QED) is 0.681. The van der Waals surface area contributed by atoms with Crippen LogP contribution in [0.5, 0.6) is 0 Å². The van der Waals surface area contributed by atoms with Gasteiger partial charge in [0.25, 0.3) is 5.91 Å². The Kier molecular flexibility index (Phi) is 1.96. The molecule has 0 radical (unpaired) electrons. The van der Waals surface area contributed by atoms with Crippen LogP contribution in [0.25, 0.3) is 0 Å². The minimum absolute atomic E-state index is 0.0660. The van der Waals surface area contributed by atoms with Gasteiger partial charge in [-0.15, -0.1) is 0 Å². The summed E-state index contributed by atoms with van der Waals surface area (Å²) in [4.78, 5) is 15.2. The first-order valence-corrected chi connectivity index (χ1v) is 4.92. The molecule has 3 heteroatoms. The maximum Gasteiger partial charge on any atom is 0.266 e. The van der Waals surface area contributed by atoms with E-state index < -0.39 is 4.75 Å². The molecule has 0 saturated carbocycles. The first kappa shape index (κ1) is 8.51. The third-order valence-corrected chi connectivity index (χ3v) is 3.28. The molecule has 1 aliphatic rings. The second-order valence-electron chi connectivity index (χ2n) is 3.06. The maximum absolute atomic E-state index is 11.5. The van der Waals surface area contributed by atoms with Gasteiger partial charge in [0.1, 0.15) is 4.75 Å². The number of aliphatic imine (C=N–C) groups is 1. The summed E-state index contributed by atoms with van der Waals surface area (Å²) in [5.41, 5.74) is 2.64. The minimum atomic E-state index is -0.499. The van der Waals surface area contributed by atoms with Gasteiger partial charge in [0.15, 0.2) is 0 Å². The Morgan fingerprint density at radius 2 is 2.00 bits per heavy atom. The smallest absolute Gasteiger partial charge is 0.266 e. The van der Waals surface area contributed by atoms with Crippen molar-refractivity contribution in [3.05, 3.63) is 35.9 Å². The van der Waals surface area contributed by atoms with E-state index in [-0.39, 0.29) is 5.91 Å². The third-order valence-electron chi connectivity index (χ3n) is 2.19. The number of hydrogen-bond acceptors (Lipinski definition) is 2. The molecule has 1 atom stereocenters. The van der Waals surface area contributed by atoms with Gasteiger partial charge in [-0.05, 0) is 12.5 Å². The second kappa shape index (κ2) is 3.00. The molecule has 1 amide bonds. The molecule has 0 N–H and O–H groups in total. The van der Waals surface area contributed by atoms with Crippen molar-refractivity contribution >= 4 is 23.2 Å². The first-order chi connectivity index (χ1) is 6.23. The molecule has 1 heterocycles. The van der Waals surface area contributed by atoms with Crippen LogP contribution in [0, 0.1) is 0 Å². The molecular weight excluding hydrogens is 182 g/mol. The van der Waals surface area contributed by atoms with Crippen LogP contribution in [0.2, 0.25) is 0 Å².